The third-order valence-corrected chi connectivity index (χ3v) is 5.95. The van der Waals surface area contributed by atoms with Crippen molar-refractivity contribution in [2.24, 2.45) is 0 Å². The van der Waals surface area contributed by atoms with Crippen molar-refractivity contribution in [3.63, 3.8) is 0 Å². The van der Waals surface area contributed by atoms with E-state index in [2.05, 4.69) is 4.72 Å². The van der Waals surface area contributed by atoms with Gasteiger partial charge in [-0.25, -0.2) is 16.8 Å². The van der Waals surface area contributed by atoms with Gasteiger partial charge in [0.1, 0.15) is 0 Å². The molecule has 2 rings (SSSR count). The van der Waals surface area contributed by atoms with Crippen molar-refractivity contribution >= 4 is 37.1 Å². The Bertz CT molecular complexity index is 1000. The van der Waals surface area contributed by atoms with Crippen LogP contribution in [0, 0.1) is 11.3 Å². The summed E-state index contributed by atoms with van der Waals surface area (Å²) in [6.45, 7) is 0. The van der Waals surface area contributed by atoms with Crippen LogP contribution in [-0.2, 0) is 19.9 Å². The van der Waals surface area contributed by atoms with Crippen LogP contribution in [0.5, 0.6) is 0 Å². The number of benzene rings is 2. The van der Waals surface area contributed by atoms with E-state index >= 15 is 0 Å². The quantitative estimate of drug-likeness (QED) is 0.800. The van der Waals surface area contributed by atoms with Gasteiger partial charge >= 0.3 is 0 Å². The van der Waals surface area contributed by atoms with Gasteiger partial charge < -0.3 is 0 Å². The fourth-order valence-corrected chi connectivity index (χ4v) is 3.84. The lowest BCUT2D eigenvalue weighted by Gasteiger charge is -2.08. The molecule has 0 radical (unpaired) electrons. The molecule has 9 heteroatoms. The molecule has 24 heavy (non-hydrogen) atoms. The molecule has 2 aromatic carbocycles. The molecule has 0 aliphatic rings. The van der Waals surface area contributed by atoms with Gasteiger partial charge in [-0.2, -0.15) is 5.26 Å². The normalized spacial score (nSPS) is 12.0. The lowest BCUT2D eigenvalue weighted by Crippen LogP contribution is -2.12. The number of rotatable bonds is 5. The zero-order valence-electron chi connectivity index (χ0n) is 12.0. The molecule has 0 unspecified atom stereocenters. The molecule has 124 valence electrons. The number of sulfone groups is 1. The van der Waals surface area contributed by atoms with Crippen molar-refractivity contribution in [1.82, 2.24) is 0 Å². The van der Waals surface area contributed by atoms with E-state index < -0.39 is 19.9 Å². The highest BCUT2D eigenvalue weighted by Crippen LogP contribution is 2.20. The Morgan fingerprint density at radius 2 is 1.46 bits per heavy atom. The molecule has 0 fully saturated rings. The van der Waals surface area contributed by atoms with Crippen molar-refractivity contribution in [3.05, 3.63) is 65.0 Å². The van der Waals surface area contributed by atoms with Gasteiger partial charge in [0.05, 0.1) is 15.9 Å². The first-order valence-electron chi connectivity index (χ1n) is 6.44. The maximum absolute atomic E-state index is 12.2. The maximum Gasteiger partial charge on any atom is 0.261 e. The molecule has 0 bridgehead atoms. The van der Waals surface area contributed by atoms with E-state index in [0.717, 1.165) is 11.5 Å². The van der Waals surface area contributed by atoms with E-state index in [1.807, 2.05) is 0 Å². The molecule has 6 nitrogen and oxygen atoms in total. The highest BCUT2D eigenvalue weighted by Gasteiger charge is 2.15. The SMILES string of the molecule is N#C/C=C/S(=O)(=O)c1ccc(NS(=O)(=O)c2ccc(Cl)cc2)cc1. The number of nitriles is 1. The van der Waals surface area contributed by atoms with Gasteiger partial charge in [-0.3, -0.25) is 4.72 Å². The van der Waals surface area contributed by atoms with Crippen LogP contribution >= 0.6 is 11.6 Å². The number of sulfonamides is 1. The second kappa shape index (κ2) is 7.05. The molecule has 0 saturated heterocycles. The summed E-state index contributed by atoms with van der Waals surface area (Å²) in [5.41, 5.74) is 0.202. The highest BCUT2D eigenvalue weighted by molar-refractivity contribution is 7.94. The van der Waals surface area contributed by atoms with Gasteiger partial charge in [-0.15, -0.1) is 0 Å². The van der Waals surface area contributed by atoms with Crippen molar-refractivity contribution in [2.75, 3.05) is 4.72 Å². The first-order valence-corrected chi connectivity index (χ1v) is 9.85. The average molecular weight is 383 g/mol. The summed E-state index contributed by atoms with van der Waals surface area (Å²) in [4.78, 5) is -0.0241. The largest absolute Gasteiger partial charge is 0.280 e. The summed E-state index contributed by atoms with van der Waals surface area (Å²) in [6, 6.07) is 12.3. The lowest BCUT2D eigenvalue weighted by molar-refractivity contribution is 0.601. The lowest BCUT2D eigenvalue weighted by atomic mass is 10.3. The minimum Gasteiger partial charge on any atom is -0.280 e. The maximum atomic E-state index is 12.2. The molecule has 0 aliphatic heterocycles. The van der Waals surface area contributed by atoms with Crippen molar-refractivity contribution in [2.45, 2.75) is 9.79 Å². The summed E-state index contributed by atoms with van der Waals surface area (Å²) in [6.07, 6.45) is 0.854. The van der Waals surface area contributed by atoms with Crippen molar-refractivity contribution < 1.29 is 16.8 Å². The Morgan fingerprint density at radius 1 is 0.917 bits per heavy atom. The second-order valence-corrected chi connectivity index (χ2v) is 8.51. The number of allylic oxidation sites excluding steroid dienone is 1. The van der Waals surface area contributed by atoms with Gasteiger partial charge in [0.25, 0.3) is 10.0 Å². The second-order valence-electron chi connectivity index (χ2n) is 4.56. The fourth-order valence-electron chi connectivity index (χ4n) is 1.74. The Morgan fingerprint density at radius 3 is 2.00 bits per heavy atom. The van der Waals surface area contributed by atoms with Crippen LogP contribution in [0.1, 0.15) is 0 Å². The van der Waals surface area contributed by atoms with Gasteiger partial charge in [0.2, 0.25) is 9.84 Å². The first-order chi connectivity index (χ1) is 11.2. The van der Waals surface area contributed by atoms with E-state index in [-0.39, 0.29) is 15.5 Å². The first kappa shape index (κ1) is 18.0. The van der Waals surface area contributed by atoms with Crippen LogP contribution in [0.4, 0.5) is 5.69 Å². The Kier molecular flexibility index (Phi) is 5.29. The molecular weight excluding hydrogens is 372 g/mol. The van der Waals surface area contributed by atoms with E-state index in [0.29, 0.717) is 5.02 Å². The Labute approximate surface area is 145 Å². The smallest absolute Gasteiger partial charge is 0.261 e. The summed E-state index contributed by atoms with van der Waals surface area (Å²) >= 11 is 5.72. The van der Waals surface area contributed by atoms with Crippen LogP contribution in [0.25, 0.3) is 0 Å². The van der Waals surface area contributed by atoms with Crippen LogP contribution in [-0.4, -0.2) is 16.8 Å². The molecule has 0 amide bonds. The van der Waals surface area contributed by atoms with Crippen LogP contribution in [0.3, 0.4) is 0 Å². The van der Waals surface area contributed by atoms with Crippen LogP contribution in [0.15, 0.2) is 69.8 Å². The highest BCUT2D eigenvalue weighted by atomic mass is 35.5. The summed E-state index contributed by atoms with van der Waals surface area (Å²) in [5.74, 6) is 0. The molecule has 2 aromatic rings. The zero-order chi connectivity index (χ0) is 17.8. The molecule has 1 N–H and O–H groups in total. The average Bonchev–Trinajstić information content (AvgIpc) is 2.53. The zero-order valence-corrected chi connectivity index (χ0v) is 14.4. The van der Waals surface area contributed by atoms with E-state index in [9.17, 15) is 16.8 Å². The van der Waals surface area contributed by atoms with Gasteiger partial charge in [0.15, 0.2) is 0 Å². The molecule has 0 aromatic heterocycles. The summed E-state index contributed by atoms with van der Waals surface area (Å²) in [5, 5.41) is 9.58. The van der Waals surface area contributed by atoms with Crippen molar-refractivity contribution in [1.29, 1.82) is 5.26 Å². The topological polar surface area (TPSA) is 104 Å². The van der Waals surface area contributed by atoms with E-state index in [1.54, 1.807) is 6.07 Å². The van der Waals surface area contributed by atoms with Crippen LogP contribution in [0.2, 0.25) is 5.02 Å². The molecule has 0 heterocycles. The predicted molar refractivity (Wildman–Crippen MR) is 90.6 cm³/mol. The minimum absolute atomic E-state index is 0.0283. The standard InChI is InChI=1S/C15H11ClN2O4S2/c16-12-2-6-15(7-3-12)24(21,22)18-13-4-8-14(9-5-13)23(19,20)11-1-10-17/h1-9,11,18H/b11-1+. The van der Waals surface area contributed by atoms with Gasteiger partial charge in [0, 0.05) is 22.2 Å². The third-order valence-electron chi connectivity index (χ3n) is 2.88. The molecule has 0 aliphatic carbocycles. The number of anilines is 1. The monoisotopic (exact) mass is 382 g/mol. The van der Waals surface area contributed by atoms with Gasteiger partial charge in [-0.05, 0) is 48.5 Å². The summed E-state index contributed by atoms with van der Waals surface area (Å²) < 4.78 is 50.5. The number of nitrogens with one attached hydrogen (secondary N) is 1. The minimum atomic E-state index is -3.81. The van der Waals surface area contributed by atoms with Crippen LogP contribution < -0.4 is 4.72 Å². The van der Waals surface area contributed by atoms with E-state index in [4.69, 9.17) is 16.9 Å². The van der Waals surface area contributed by atoms with Crippen molar-refractivity contribution in [3.8, 4) is 6.07 Å². The molecule has 0 spiro atoms. The summed E-state index contributed by atoms with van der Waals surface area (Å²) in [7, 11) is -7.54. The molecular formula is C15H11ClN2O4S2. The van der Waals surface area contributed by atoms with E-state index in [1.165, 1.54) is 48.5 Å². The van der Waals surface area contributed by atoms with Gasteiger partial charge in [-0.1, -0.05) is 11.6 Å². The fraction of sp³-hybridized carbons (Fsp3) is 0. The molecule has 0 saturated carbocycles. The third kappa shape index (κ3) is 4.35. The number of halogens is 1. The Hall–Kier alpha value is -2.34. The molecule has 0 atom stereocenters. The Balaban J connectivity index is 2.25. The number of hydrogen-bond donors (Lipinski definition) is 1. The predicted octanol–water partition coefficient (Wildman–Crippen LogP) is 2.95. The number of nitrogens with zero attached hydrogens (tertiary/aromatic N) is 1. The number of hydrogen-bond acceptors (Lipinski definition) is 5.